The molecule has 0 aliphatic rings. The van der Waals surface area contributed by atoms with Gasteiger partial charge in [0.05, 0.1) is 30.4 Å². The number of fused-ring (bicyclic) bond motifs is 1. The largest absolute Gasteiger partial charge is 0.467 e. The number of nitrogens with one attached hydrogen (secondary N) is 2. The third-order valence-corrected chi connectivity index (χ3v) is 5.88. The van der Waals surface area contributed by atoms with Crippen LogP contribution in [-0.2, 0) is 19.5 Å². The number of aryl methyl sites for hydroxylation is 1. The van der Waals surface area contributed by atoms with Gasteiger partial charge in [0.1, 0.15) is 23.0 Å². The smallest absolute Gasteiger partial charge is 0.459 e. The Labute approximate surface area is 225 Å². The second-order valence-electron chi connectivity index (χ2n) is 8.65. The van der Waals surface area contributed by atoms with Crippen molar-refractivity contribution >= 4 is 23.1 Å². The minimum Gasteiger partial charge on any atom is -0.467 e. The van der Waals surface area contributed by atoms with Crippen LogP contribution in [0.2, 0.25) is 0 Å². The molecule has 5 rings (SSSR count). The van der Waals surface area contributed by atoms with Gasteiger partial charge in [0.15, 0.2) is 11.3 Å². The van der Waals surface area contributed by atoms with E-state index in [4.69, 9.17) is 4.42 Å². The van der Waals surface area contributed by atoms with Gasteiger partial charge in [-0.2, -0.15) is 32.1 Å². The van der Waals surface area contributed by atoms with Crippen LogP contribution in [0.5, 0.6) is 0 Å². The van der Waals surface area contributed by atoms with E-state index in [-0.39, 0.29) is 33.7 Å². The van der Waals surface area contributed by atoms with Gasteiger partial charge < -0.3 is 15.1 Å². The lowest BCUT2D eigenvalue weighted by Gasteiger charge is -2.21. The number of hydrogen-bond donors (Lipinski definition) is 2. The first-order valence-corrected chi connectivity index (χ1v) is 11.6. The lowest BCUT2D eigenvalue weighted by Crippen LogP contribution is -2.36. The van der Waals surface area contributed by atoms with E-state index in [9.17, 15) is 35.9 Å². The molecule has 0 aliphatic heterocycles. The van der Waals surface area contributed by atoms with E-state index in [0.29, 0.717) is 11.8 Å². The molecule has 0 atom stereocenters. The van der Waals surface area contributed by atoms with Crippen molar-refractivity contribution in [2.24, 2.45) is 7.05 Å². The summed E-state index contributed by atoms with van der Waals surface area (Å²) in [7, 11) is 1.43. The maximum absolute atomic E-state index is 14.6. The Bertz CT molecular complexity index is 1740. The third-order valence-electron chi connectivity index (χ3n) is 5.88. The fourth-order valence-corrected chi connectivity index (χ4v) is 3.87. The van der Waals surface area contributed by atoms with E-state index < -0.39 is 46.8 Å². The molecule has 5 aromatic rings. The van der Waals surface area contributed by atoms with Gasteiger partial charge in [-0.1, -0.05) is 0 Å². The predicted molar refractivity (Wildman–Crippen MR) is 129 cm³/mol. The Morgan fingerprint density at radius 2 is 1.76 bits per heavy atom. The van der Waals surface area contributed by atoms with Crippen molar-refractivity contribution in [2.75, 3.05) is 5.32 Å². The summed E-state index contributed by atoms with van der Waals surface area (Å²) in [6.45, 7) is 0.0229. The predicted octanol–water partition coefficient (Wildman–Crippen LogP) is 4.70. The first-order valence-electron chi connectivity index (χ1n) is 11.6. The molecule has 0 bridgehead atoms. The topological polar surface area (TPSA) is 119 Å². The van der Waals surface area contributed by atoms with Crippen molar-refractivity contribution in [1.82, 2.24) is 29.7 Å². The van der Waals surface area contributed by atoms with Gasteiger partial charge in [0.2, 0.25) is 0 Å². The number of carbonyl (C=O) groups excluding carboxylic acids is 2. The molecule has 0 fully saturated rings. The van der Waals surface area contributed by atoms with Crippen LogP contribution < -0.4 is 10.6 Å². The molecule has 212 valence electrons. The zero-order valence-corrected chi connectivity index (χ0v) is 20.7. The van der Waals surface area contributed by atoms with Gasteiger partial charge in [-0.25, -0.2) is 13.9 Å². The highest BCUT2D eigenvalue weighted by atomic mass is 19.4. The lowest BCUT2D eigenvalue weighted by atomic mass is 10.1. The Balaban J connectivity index is 1.50. The number of anilines is 1. The molecule has 0 spiro atoms. The summed E-state index contributed by atoms with van der Waals surface area (Å²) >= 11 is 0. The summed E-state index contributed by atoms with van der Waals surface area (Å²) in [6.07, 6.45) is -3.45. The van der Waals surface area contributed by atoms with Crippen molar-refractivity contribution in [3.05, 3.63) is 89.7 Å². The van der Waals surface area contributed by atoms with E-state index in [0.717, 1.165) is 41.2 Å². The number of amides is 2. The van der Waals surface area contributed by atoms with Gasteiger partial charge in [0, 0.05) is 18.7 Å². The molecule has 1 aromatic carbocycles. The SMILES string of the molecule is Cn1ncc(NC(=O)c2cc3nc(-c4ccc(F)cc4)cc(C(F)(F)C(F)(F)F)n3n2)c1C(=O)NCc1ccco1. The van der Waals surface area contributed by atoms with Crippen LogP contribution in [0, 0.1) is 5.82 Å². The Kier molecular flexibility index (Phi) is 6.76. The van der Waals surface area contributed by atoms with Crippen LogP contribution in [-0.4, -0.2) is 42.4 Å². The molecule has 0 radical (unpaired) electrons. The van der Waals surface area contributed by atoms with Gasteiger partial charge in [-0.15, -0.1) is 0 Å². The molecule has 16 heteroatoms. The van der Waals surface area contributed by atoms with E-state index in [1.807, 2.05) is 0 Å². The van der Waals surface area contributed by atoms with Crippen LogP contribution in [0.1, 0.15) is 32.4 Å². The molecule has 4 aromatic heterocycles. The van der Waals surface area contributed by atoms with E-state index in [2.05, 4.69) is 25.8 Å². The molecular formula is C25H17F6N7O3. The van der Waals surface area contributed by atoms with Gasteiger partial charge >= 0.3 is 12.1 Å². The Morgan fingerprint density at radius 3 is 2.41 bits per heavy atom. The highest BCUT2D eigenvalue weighted by Gasteiger charge is 2.60. The summed E-state index contributed by atoms with van der Waals surface area (Å²) in [5.41, 5.74) is -3.20. The number of benzene rings is 1. The number of halogens is 6. The molecule has 41 heavy (non-hydrogen) atoms. The molecule has 2 amide bonds. The fraction of sp³-hybridized carbons (Fsp3) is 0.160. The van der Waals surface area contributed by atoms with Crippen molar-refractivity contribution in [3.63, 3.8) is 0 Å². The summed E-state index contributed by atoms with van der Waals surface area (Å²) < 4.78 is 89.2. The lowest BCUT2D eigenvalue weighted by molar-refractivity contribution is -0.291. The van der Waals surface area contributed by atoms with Crippen molar-refractivity contribution in [3.8, 4) is 11.3 Å². The number of aromatic nitrogens is 5. The monoisotopic (exact) mass is 577 g/mol. The van der Waals surface area contributed by atoms with Gasteiger partial charge in [-0.3, -0.25) is 14.3 Å². The van der Waals surface area contributed by atoms with Crippen molar-refractivity contribution in [1.29, 1.82) is 0 Å². The number of rotatable bonds is 7. The van der Waals surface area contributed by atoms with Crippen LogP contribution in [0.4, 0.5) is 32.0 Å². The summed E-state index contributed by atoms with van der Waals surface area (Å²) in [4.78, 5) is 29.8. The summed E-state index contributed by atoms with van der Waals surface area (Å²) in [5, 5.41) is 12.5. The first-order chi connectivity index (χ1) is 19.3. The fourth-order valence-electron chi connectivity index (χ4n) is 3.87. The second kappa shape index (κ2) is 10.1. The molecule has 2 N–H and O–H groups in total. The highest BCUT2D eigenvalue weighted by Crippen LogP contribution is 2.44. The Morgan fingerprint density at radius 1 is 1.02 bits per heavy atom. The number of carbonyl (C=O) groups is 2. The van der Waals surface area contributed by atoms with Gasteiger partial charge in [0.25, 0.3) is 11.8 Å². The molecule has 0 aliphatic carbocycles. The zero-order valence-electron chi connectivity index (χ0n) is 20.7. The maximum atomic E-state index is 14.6. The average molecular weight is 577 g/mol. The third kappa shape index (κ3) is 5.22. The van der Waals surface area contributed by atoms with E-state index in [1.54, 1.807) is 12.1 Å². The summed E-state index contributed by atoms with van der Waals surface area (Å²) in [5.74, 6) is -7.30. The van der Waals surface area contributed by atoms with Crippen LogP contribution in [0.15, 0.2) is 65.4 Å². The maximum Gasteiger partial charge on any atom is 0.459 e. The van der Waals surface area contributed by atoms with E-state index >= 15 is 0 Å². The molecule has 0 unspecified atom stereocenters. The van der Waals surface area contributed by atoms with Crippen LogP contribution in [0.3, 0.4) is 0 Å². The van der Waals surface area contributed by atoms with E-state index in [1.165, 1.54) is 13.3 Å². The normalized spacial score (nSPS) is 12.1. The second-order valence-corrected chi connectivity index (χ2v) is 8.65. The standard InChI is InChI=1S/C25H17F6N7O3/c1-37-21(23(40)32-11-15-3-2-8-41-15)18(12-33-37)35-22(39)17-10-20-34-16(13-4-6-14(26)7-5-13)9-19(38(20)36-17)24(27,28)25(29,30)31/h2-10,12H,11H2,1H3,(H,32,40)(H,35,39). The number of nitrogens with zero attached hydrogens (tertiary/aromatic N) is 5. The molecular weight excluding hydrogens is 560 g/mol. The summed E-state index contributed by atoms with van der Waals surface area (Å²) in [6, 6.07) is 8.86. The molecule has 0 saturated heterocycles. The number of alkyl halides is 5. The zero-order chi connectivity index (χ0) is 29.5. The average Bonchev–Trinajstić information content (AvgIpc) is 3.66. The number of hydrogen-bond acceptors (Lipinski definition) is 6. The number of furan rings is 1. The molecule has 10 nitrogen and oxygen atoms in total. The van der Waals surface area contributed by atoms with Crippen LogP contribution >= 0.6 is 0 Å². The highest BCUT2D eigenvalue weighted by molar-refractivity contribution is 6.07. The van der Waals surface area contributed by atoms with Crippen LogP contribution in [0.25, 0.3) is 16.9 Å². The molecule has 0 saturated carbocycles. The first kappa shape index (κ1) is 27.4. The van der Waals surface area contributed by atoms with Crippen molar-refractivity contribution in [2.45, 2.75) is 18.6 Å². The Hall–Kier alpha value is -5.15. The quantitative estimate of drug-likeness (QED) is 0.271. The minimum absolute atomic E-state index is 0.0229. The minimum atomic E-state index is -6.01. The molecule has 4 heterocycles. The van der Waals surface area contributed by atoms with Gasteiger partial charge in [-0.05, 0) is 42.5 Å². The van der Waals surface area contributed by atoms with Crippen molar-refractivity contribution < 1.29 is 40.3 Å².